The van der Waals surface area contributed by atoms with Crippen LogP contribution in [0.3, 0.4) is 0 Å². The fraction of sp³-hybridized carbons (Fsp3) is 0.520. The molecule has 2 aromatic rings. The Hall–Kier alpha value is -2.34. The number of aromatic hydroxyl groups is 1. The van der Waals surface area contributed by atoms with Gasteiger partial charge in [-0.15, -0.1) is 11.3 Å². The lowest BCUT2D eigenvalue weighted by Crippen LogP contribution is -2.63. The Bertz CT molecular complexity index is 1010. The number of rotatable bonds is 8. The van der Waals surface area contributed by atoms with Crippen molar-refractivity contribution in [3.05, 3.63) is 41.3 Å². The van der Waals surface area contributed by atoms with Crippen LogP contribution in [0.15, 0.2) is 35.7 Å². The van der Waals surface area contributed by atoms with E-state index in [9.17, 15) is 14.7 Å². The molecule has 31 heavy (non-hydrogen) atoms. The van der Waals surface area contributed by atoms with Crippen LogP contribution in [0.4, 0.5) is 0 Å². The van der Waals surface area contributed by atoms with Crippen LogP contribution in [-0.4, -0.2) is 28.1 Å². The molecule has 0 radical (unpaired) electrons. The summed E-state index contributed by atoms with van der Waals surface area (Å²) in [5.41, 5.74) is 0.882. The van der Waals surface area contributed by atoms with E-state index in [0.29, 0.717) is 29.7 Å². The largest absolute Gasteiger partial charge is 0.508 e. The summed E-state index contributed by atoms with van der Waals surface area (Å²) in [6, 6.07) is 5.30. The number of hydrogen-bond donors (Lipinski definition) is 3. The maximum absolute atomic E-state index is 13.2. The Kier molecular flexibility index (Phi) is 6.11. The van der Waals surface area contributed by atoms with Crippen LogP contribution in [0, 0.1) is 23.2 Å². The topological polar surface area (TPSA) is 86.6 Å². The monoisotopic (exact) mass is 441 g/mol. The number of carboxylic acids is 1. The average molecular weight is 442 g/mol. The number of phenolic OH excluding ortho intramolecular Hbond substituents is 1. The molecule has 1 amide bonds. The number of unbranched alkanes of at least 4 members (excludes halogenated alkanes) is 1. The summed E-state index contributed by atoms with van der Waals surface area (Å²) in [6.07, 6.45) is 9.08. The first-order valence-electron chi connectivity index (χ1n) is 11.1. The molecular formula is C25H31NO4S. The van der Waals surface area contributed by atoms with Gasteiger partial charge in [-0.25, -0.2) is 0 Å². The first-order chi connectivity index (χ1) is 14.8. The van der Waals surface area contributed by atoms with Crippen LogP contribution >= 0.6 is 11.3 Å². The van der Waals surface area contributed by atoms with Crippen LogP contribution < -0.4 is 5.32 Å². The third-order valence-electron chi connectivity index (χ3n) is 7.54. The van der Waals surface area contributed by atoms with Crippen molar-refractivity contribution >= 4 is 33.3 Å². The van der Waals surface area contributed by atoms with E-state index >= 15 is 0 Å². The number of nitrogens with one attached hydrogen (secondary N) is 1. The second-order valence-electron chi connectivity index (χ2n) is 9.68. The lowest BCUT2D eigenvalue weighted by molar-refractivity contribution is -0.137. The standard InChI is InChI=1S/C25H31NO4S/c1-25(2)16-11-15(7-5-3-4-6-8-22(28)29)23(20(25)12-16)26-24(30)19-14-31-21-10-9-17(27)13-18(19)21/h3,5,9-10,13-16,20,23,27H,4,6-8,11-12H2,1-2H3,(H,26,30)(H,28,29)/b5-3+. The van der Waals surface area contributed by atoms with Gasteiger partial charge in [0.05, 0.1) is 5.56 Å². The molecule has 3 N–H and O–H groups in total. The van der Waals surface area contributed by atoms with Gasteiger partial charge in [0.1, 0.15) is 5.75 Å². The van der Waals surface area contributed by atoms with E-state index in [2.05, 4.69) is 31.3 Å². The number of hydrogen-bond acceptors (Lipinski definition) is 4. The van der Waals surface area contributed by atoms with Gasteiger partial charge in [0.2, 0.25) is 0 Å². The zero-order valence-electron chi connectivity index (χ0n) is 18.1. The summed E-state index contributed by atoms with van der Waals surface area (Å²) >= 11 is 1.52. The molecule has 0 saturated heterocycles. The fourth-order valence-electron chi connectivity index (χ4n) is 5.55. The fourth-order valence-corrected chi connectivity index (χ4v) is 6.47. The van der Waals surface area contributed by atoms with Gasteiger partial charge >= 0.3 is 5.97 Å². The molecule has 4 unspecified atom stereocenters. The van der Waals surface area contributed by atoms with Gasteiger partial charge in [0, 0.05) is 27.9 Å². The van der Waals surface area contributed by atoms with E-state index in [4.69, 9.17) is 5.11 Å². The third-order valence-corrected chi connectivity index (χ3v) is 8.50. The normalized spacial score (nSPS) is 26.6. The molecule has 4 atom stereocenters. The van der Waals surface area contributed by atoms with E-state index in [0.717, 1.165) is 29.3 Å². The summed E-state index contributed by atoms with van der Waals surface area (Å²) in [6.45, 7) is 4.64. The van der Waals surface area contributed by atoms with Crippen LogP contribution in [0.25, 0.3) is 10.1 Å². The van der Waals surface area contributed by atoms with Gasteiger partial charge in [-0.05, 0) is 73.5 Å². The molecule has 1 aromatic heterocycles. The predicted molar refractivity (Wildman–Crippen MR) is 123 cm³/mol. The highest BCUT2D eigenvalue weighted by Gasteiger charge is 2.57. The molecule has 6 heteroatoms. The van der Waals surface area contributed by atoms with Crippen molar-refractivity contribution in [2.45, 2.75) is 58.4 Å². The van der Waals surface area contributed by atoms with Crippen LogP contribution in [0.2, 0.25) is 0 Å². The van der Waals surface area contributed by atoms with E-state index in [1.54, 1.807) is 12.1 Å². The van der Waals surface area contributed by atoms with Crippen LogP contribution in [-0.2, 0) is 4.79 Å². The average Bonchev–Trinajstić information content (AvgIpc) is 3.13. The zero-order chi connectivity index (χ0) is 22.2. The Morgan fingerprint density at radius 1 is 1.26 bits per heavy atom. The molecule has 166 valence electrons. The second kappa shape index (κ2) is 8.65. The summed E-state index contributed by atoms with van der Waals surface area (Å²) in [4.78, 5) is 23.9. The Labute approximate surface area is 187 Å². The molecule has 0 aliphatic heterocycles. The maximum atomic E-state index is 13.2. The summed E-state index contributed by atoms with van der Waals surface area (Å²) in [5.74, 6) is 0.939. The van der Waals surface area contributed by atoms with Gasteiger partial charge < -0.3 is 15.5 Å². The van der Waals surface area contributed by atoms with Gasteiger partial charge in [-0.3, -0.25) is 9.59 Å². The number of thiophene rings is 1. The minimum Gasteiger partial charge on any atom is -0.508 e. The molecule has 5 rings (SSSR count). The van der Waals surface area contributed by atoms with Crippen molar-refractivity contribution < 1.29 is 19.8 Å². The van der Waals surface area contributed by atoms with Crippen molar-refractivity contribution in [1.82, 2.24) is 5.32 Å². The molecule has 1 aromatic carbocycles. The van der Waals surface area contributed by atoms with E-state index in [1.165, 1.54) is 17.8 Å². The number of carboxylic acid groups (broad SMARTS) is 1. The summed E-state index contributed by atoms with van der Waals surface area (Å²) in [7, 11) is 0. The van der Waals surface area contributed by atoms with Crippen molar-refractivity contribution in [3.8, 4) is 5.75 Å². The SMILES string of the molecule is CC1(C)C2CC(C/C=C/CCCC(=O)O)C(NC(=O)c3csc4ccc(O)cc34)C1C2. The number of carbonyl (C=O) groups excluding carboxylic acids is 1. The van der Waals surface area contributed by atoms with E-state index in [-0.39, 0.29) is 29.5 Å². The van der Waals surface area contributed by atoms with Crippen molar-refractivity contribution in [2.24, 2.45) is 23.2 Å². The number of fused-ring (bicyclic) bond motifs is 3. The van der Waals surface area contributed by atoms with E-state index in [1.807, 2.05) is 11.4 Å². The Morgan fingerprint density at radius 2 is 2.06 bits per heavy atom. The minimum atomic E-state index is -0.750. The van der Waals surface area contributed by atoms with Crippen molar-refractivity contribution in [3.63, 3.8) is 0 Å². The van der Waals surface area contributed by atoms with E-state index < -0.39 is 5.97 Å². The van der Waals surface area contributed by atoms with Crippen LogP contribution in [0.1, 0.15) is 62.7 Å². The molecule has 2 bridgehead atoms. The molecule has 0 spiro atoms. The number of allylic oxidation sites excluding steroid dienone is 2. The first-order valence-corrected chi connectivity index (χ1v) is 12.0. The number of phenols is 1. The van der Waals surface area contributed by atoms with Gasteiger partial charge in [0.25, 0.3) is 5.91 Å². The van der Waals surface area contributed by atoms with Gasteiger partial charge in [0.15, 0.2) is 0 Å². The van der Waals surface area contributed by atoms with Crippen molar-refractivity contribution in [1.29, 1.82) is 0 Å². The van der Waals surface area contributed by atoms with Crippen molar-refractivity contribution in [2.75, 3.05) is 0 Å². The predicted octanol–water partition coefficient (Wildman–Crippen LogP) is 5.59. The first kappa shape index (κ1) is 21.9. The lowest BCUT2D eigenvalue weighted by Gasteiger charge is -2.62. The molecule has 3 aliphatic rings. The molecule has 5 nitrogen and oxygen atoms in total. The second-order valence-corrected chi connectivity index (χ2v) is 10.6. The molecular weight excluding hydrogens is 410 g/mol. The highest BCUT2D eigenvalue weighted by molar-refractivity contribution is 7.17. The molecule has 3 saturated carbocycles. The third kappa shape index (κ3) is 4.36. The quantitative estimate of drug-likeness (QED) is 0.368. The minimum absolute atomic E-state index is 0.0570. The summed E-state index contributed by atoms with van der Waals surface area (Å²) < 4.78 is 0.997. The smallest absolute Gasteiger partial charge is 0.303 e. The van der Waals surface area contributed by atoms with Gasteiger partial charge in [-0.2, -0.15) is 0 Å². The Morgan fingerprint density at radius 3 is 2.81 bits per heavy atom. The molecule has 1 heterocycles. The number of carbonyl (C=O) groups is 2. The lowest BCUT2D eigenvalue weighted by atomic mass is 9.44. The highest BCUT2D eigenvalue weighted by atomic mass is 32.1. The number of amides is 1. The zero-order valence-corrected chi connectivity index (χ0v) is 19.0. The van der Waals surface area contributed by atoms with Crippen LogP contribution in [0.5, 0.6) is 5.75 Å². The highest BCUT2D eigenvalue weighted by Crippen LogP contribution is 2.61. The van der Waals surface area contributed by atoms with Gasteiger partial charge in [-0.1, -0.05) is 26.0 Å². The maximum Gasteiger partial charge on any atom is 0.303 e. The number of aliphatic carboxylic acids is 1. The number of benzene rings is 1. The molecule has 3 aliphatic carbocycles. The Balaban J connectivity index is 1.46. The molecule has 3 fully saturated rings. The summed E-state index contributed by atoms with van der Waals surface area (Å²) in [5, 5.41) is 24.7.